The average molecular weight is 259 g/mol. The van der Waals surface area contributed by atoms with E-state index >= 15 is 0 Å². The summed E-state index contributed by atoms with van der Waals surface area (Å²) in [6.07, 6.45) is 6.35. The fourth-order valence-corrected chi connectivity index (χ4v) is 2.44. The zero-order valence-corrected chi connectivity index (χ0v) is 11.0. The molecule has 3 rings (SSSR count). The molecule has 3 heterocycles. The molecule has 1 saturated heterocycles. The van der Waals surface area contributed by atoms with E-state index < -0.39 is 0 Å². The Kier molecular flexibility index (Phi) is 3.15. The molecular weight excluding hydrogens is 242 g/mol. The molecule has 6 nitrogen and oxygen atoms in total. The summed E-state index contributed by atoms with van der Waals surface area (Å²) in [5.41, 5.74) is 0.869. The van der Waals surface area contributed by atoms with Crippen LogP contribution in [0.25, 0.3) is 5.78 Å². The molecule has 1 amide bonds. The van der Waals surface area contributed by atoms with Crippen LogP contribution >= 0.6 is 0 Å². The van der Waals surface area contributed by atoms with E-state index in [0.717, 1.165) is 31.6 Å². The summed E-state index contributed by atoms with van der Waals surface area (Å²) in [4.78, 5) is 18.6. The van der Waals surface area contributed by atoms with Gasteiger partial charge in [-0.25, -0.2) is 4.98 Å². The number of carbonyl (C=O) groups is 1. The average Bonchev–Trinajstić information content (AvgIpc) is 2.64. The molecule has 0 bridgehead atoms. The zero-order valence-electron chi connectivity index (χ0n) is 11.0. The maximum Gasteiger partial charge on any atom is 0.292 e. The summed E-state index contributed by atoms with van der Waals surface area (Å²) in [5.74, 6) is 0.808. The predicted molar refractivity (Wildman–Crippen MR) is 69.9 cm³/mol. The predicted octanol–water partition coefficient (Wildman–Crippen LogP) is 1.45. The van der Waals surface area contributed by atoms with Crippen molar-refractivity contribution < 1.29 is 4.79 Å². The van der Waals surface area contributed by atoms with Crippen molar-refractivity contribution in [2.75, 3.05) is 13.1 Å². The van der Waals surface area contributed by atoms with Crippen LogP contribution < -0.4 is 0 Å². The molecular formula is C13H17N5O. The molecule has 1 fully saturated rings. The lowest BCUT2D eigenvalue weighted by molar-refractivity contribution is 0.0748. The minimum absolute atomic E-state index is 0.0416. The van der Waals surface area contributed by atoms with Crippen LogP contribution in [0.3, 0.4) is 0 Å². The van der Waals surface area contributed by atoms with Crippen LogP contribution in [0.5, 0.6) is 0 Å². The van der Waals surface area contributed by atoms with Crippen molar-refractivity contribution in [1.29, 1.82) is 0 Å². The van der Waals surface area contributed by atoms with Crippen molar-refractivity contribution in [3.8, 4) is 0 Å². The van der Waals surface area contributed by atoms with Crippen molar-refractivity contribution in [2.45, 2.75) is 32.6 Å². The molecule has 0 unspecified atom stereocenters. The van der Waals surface area contributed by atoms with E-state index in [4.69, 9.17) is 0 Å². The third-order valence-electron chi connectivity index (χ3n) is 3.50. The number of hydrogen-bond donors (Lipinski definition) is 0. The molecule has 0 aromatic carbocycles. The molecule has 2 aromatic rings. The van der Waals surface area contributed by atoms with Gasteiger partial charge in [-0.2, -0.15) is 0 Å². The maximum absolute atomic E-state index is 12.5. The number of rotatable bonds is 1. The van der Waals surface area contributed by atoms with Gasteiger partial charge < -0.3 is 4.90 Å². The molecule has 100 valence electrons. The summed E-state index contributed by atoms with van der Waals surface area (Å²) in [6.45, 7) is 3.52. The lowest BCUT2D eigenvalue weighted by Gasteiger charge is -2.18. The molecule has 1 aliphatic heterocycles. The van der Waals surface area contributed by atoms with E-state index in [1.807, 2.05) is 24.1 Å². The van der Waals surface area contributed by atoms with Crippen LogP contribution in [0.15, 0.2) is 12.3 Å². The van der Waals surface area contributed by atoms with E-state index in [-0.39, 0.29) is 5.91 Å². The quantitative estimate of drug-likeness (QED) is 0.777. The van der Waals surface area contributed by atoms with Crippen LogP contribution in [-0.2, 0) is 0 Å². The molecule has 1 aliphatic rings. The Labute approximate surface area is 111 Å². The first-order chi connectivity index (χ1) is 9.25. The molecule has 0 radical (unpaired) electrons. The van der Waals surface area contributed by atoms with Crippen LogP contribution in [0, 0.1) is 6.92 Å². The molecule has 0 saturated carbocycles. The van der Waals surface area contributed by atoms with Gasteiger partial charge in [-0.15, -0.1) is 10.2 Å². The van der Waals surface area contributed by atoms with Gasteiger partial charge in [0.25, 0.3) is 11.7 Å². The van der Waals surface area contributed by atoms with Gasteiger partial charge in [-0.1, -0.05) is 12.8 Å². The lowest BCUT2D eigenvalue weighted by Crippen LogP contribution is -2.33. The molecule has 0 N–H and O–H groups in total. The van der Waals surface area contributed by atoms with Crippen molar-refractivity contribution in [2.24, 2.45) is 0 Å². The van der Waals surface area contributed by atoms with Crippen molar-refractivity contribution in [3.63, 3.8) is 0 Å². The SMILES string of the molecule is Cc1ccn2c(C(=O)N3CCCCCC3)nnc2n1. The Bertz CT molecular complexity index is 598. The van der Waals surface area contributed by atoms with Gasteiger partial charge >= 0.3 is 0 Å². The number of aromatic nitrogens is 4. The Hall–Kier alpha value is -1.98. The van der Waals surface area contributed by atoms with Gasteiger partial charge in [0.1, 0.15) is 0 Å². The first-order valence-electron chi connectivity index (χ1n) is 6.73. The summed E-state index contributed by atoms with van der Waals surface area (Å²) < 4.78 is 1.67. The minimum atomic E-state index is -0.0416. The third kappa shape index (κ3) is 2.30. The van der Waals surface area contributed by atoms with Crippen molar-refractivity contribution >= 4 is 11.7 Å². The van der Waals surface area contributed by atoms with E-state index in [2.05, 4.69) is 15.2 Å². The Morgan fingerprint density at radius 2 is 1.89 bits per heavy atom. The second-order valence-corrected chi connectivity index (χ2v) is 4.97. The third-order valence-corrected chi connectivity index (χ3v) is 3.50. The highest BCUT2D eigenvalue weighted by atomic mass is 16.2. The van der Waals surface area contributed by atoms with E-state index in [0.29, 0.717) is 11.6 Å². The second-order valence-electron chi connectivity index (χ2n) is 4.97. The highest BCUT2D eigenvalue weighted by Crippen LogP contribution is 2.13. The molecule has 2 aromatic heterocycles. The van der Waals surface area contributed by atoms with Crippen LogP contribution in [-0.4, -0.2) is 43.5 Å². The van der Waals surface area contributed by atoms with Crippen molar-refractivity contribution in [1.82, 2.24) is 24.5 Å². The Morgan fingerprint density at radius 1 is 1.16 bits per heavy atom. The van der Waals surface area contributed by atoms with Gasteiger partial charge in [0.2, 0.25) is 5.82 Å². The highest BCUT2D eigenvalue weighted by molar-refractivity contribution is 5.91. The monoisotopic (exact) mass is 259 g/mol. The van der Waals surface area contributed by atoms with Gasteiger partial charge in [-0.3, -0.25) is 9.20 Å². The van der Waals surface area contributed by atoms with E-state index in [1.165, 1.54) is 12.8 Å². The lowest BCUT2D eigenvalue weighted by atomic mass is 10.2. The normalized spacial score (nSPS) is 16.6. The number of likely N-dealkylation sites (tertiary alicyclic amines) is 1. The molecule has 0 spiro atoms. The van der Waals surface area contributed by atoms with E-state index in [9.17, 15) is 4.79 Å². The number of amides is 1. The zero-order chi connectivity index (χ0) is 13.2. The summed E-state index contributed by atoms with van der Waals surface area (Å²) >= 11 is 0. The summed E-state index contributed by atoms with van der Waals surface area (Å²) in [5, 5.41) is 7.97. The van der Waals surface area contributed by atoms with Crippen LogP contribution in [0.4, 0.5) is 0 Å². The van der Waals surface area contributed by atoms with Crippen LogP contribution in [0.2, 0.25) is 0 Å². The first-order valence-corrected chi connectivity index (χ1v) is 6.73. The van der Waals surface area contributed by atoms with E-state index in [1.54, 1.807) is 4.40 Å². The highest BCUT2D eigenvalue weighted by Gasteiger charge is 2.22. The molecule has 6 heteroatoms. The Balaban J connectivity index is 1.92. The van der Waals surface area contributed by atoms with Gasteiger partial charge in [0, 0.05) is 25.0 Å². The molecule has 19 heavy (non-hydrogen) atoms. The van der Waals surface area contributed by atoms with Gasteiger partial charge in [0.05, 0.1) is 0 Å². The second kappa shape index (κ2) is 4.95. The van der Waals surface area contributed by atoms with Crippen LogP contribution in [0.1, 0.15) is 42.0 Å². The van der Waals surface area contributed by atoms with Gasteiger partial charge in [-0.05, 0) is 25.8 Å². The molecule has 0 atom stereocenters. The number of nitrogens with zero attached hydrogens (tertiary/aromatic N) is 5. The Morgan fingerprint density at radius 3 is 2.63 bits per heavy atom. The maximum atomic E-state index is 12.5. The number of aryl methyl sites for hydroxylation is 1. The summed E-state index contributed by atoms with van der Waals surface area (Å²) in [6, 6.07) is 1.86. The fraction of sp³-hybridized carbons (Fsp3) is 0.538. The largest absolute Gasteiger partial charge is 0.336 e. The topological polar surface area (TPSA) is 63.4 Å². The minimum Gasteiger partial charge on any atom is -0.336 e. The number of carbonyl (C=O) groups excluding carboxylic acids is 1. The standard InChI is InChI=1S/C13H17N5O/c1-10-6-9-18-11(15-16-13(18)14-10)12(19)17-7-4-2-3-5-8-17/h6,9H,2-5,7-8H2,1H3. The smallest absolute Gasteiger partial charge is 0.292 e. The first kappa shape index (κ1) is 12.1. The number of fused-ring (bicyclic) bond motifs is 1. The van der Waals surface area contributed by atoms with Gasteiger partial charge in [0.15, 0.2) is 0 Å². The number of hydrogen-bond acceptors (Lipinski definition) is 4. The molecule has 0 aliphatic carbocycles. The summed E-state index contributed by atoms with van der Waals surface area (Å²) in [7, 11) is 0. The fourth-order valence-electron chi connectivity index (χ4n) is 2.44. The van der Waals surface area contributed by atoms with Crippen molar-refractivity contribution in [3.05, 3.63) is 23.8 Å².